The zero-order valence-corrected chi connectivity index (χ0v) is 21.9. The van der Waals surface area contributed by atoms with Crippen LogP contribution in [0.4, 0.5) is 9.52 Å². The van der Waals surface area contributed by atoms with Crippen LogP contribution in [0.3, 0.4) is 0 Å². The van der Waals surface area contributed by atoms with Gasteiger partial charge in [-0.2, -0.15) is 4.31 Å². The SMILES string of the molecule is CC1CCCCN1S(=O)(=O)c1ccc(C(=O)N(CCCN(C)C)c2nc3ccc(F)cc3s2)cc1. The number of hydrogen-bond acceptors (Lipinski definition) is 6. The maximum atomic E-state index is 13.7. The molecule has 1 fully saturated rings. The number of fused-ring (bicyclic) bond motifs is 1. The predicted molar refractivity (Wildman–Crippen MR) is 138 cm³/mol. The molecular formula is C25H31FN4O3S2. The molecule has 0 N–H and O–H groups in total. The van der Waals surface area contributed by atoms with Gasteiger partial charge in [0.2, 0.25) is 10.0 Å². The zero-order chi connectivity index (χ0) is 25.2. The highest BCUT2D eigenvalue weighted by Crippen LogP contribution is 2.31. The second-order valence-corrected chi connectivity index (χ2v) is 12.1. The second kappa shape index (κ2) is 10.7. The monoisotopic (exact) mass is 518 g/mol. The second-order valence-electron chi connectivity index (χ2n) is 9.21. The molecular weight excluding hydrogens is 487 g/mol. The van der Waals surface area contributed by atoms with E-state index < -0.39 is 10.0 Å². The number of hydrogen-bond donors (Lipinski definition) is 0. The van der Waals surface area contributed by atoms with E-state index in [0.717, 1.165) is 32.2 Å². The lowest BCUT2D eigenvalue weighted by molar-refractivity contribution is 0.0986. The molecule has 0 aliphatic carbocycles. The molecule has 10 heteroatoms. The van der Waals surface area contributed by atoms with E-state index in [-0.39, 0.29) is 22.7 Å². The van der Waals surface area contributed by atoms with Crippen LogP contribution >= 0.6 is 11.3 Å². The number of anilines is 1. The third-order valence-electron chi connectivity index (χ3n) is 6.25. The molecule has 2 aromatic carbocycles. The number of rotatable bonds is 8. The molecule has 35 heavy (non-hydrogen) atoms. The van der Waals surface area contributed by atoms with Crippen molar-refractivity contribution in [2.75, 3.05) is 38.6 Å². The summed E-state index contributed by atoms with van der Waals surface area (Å²) in [5.74, 6) is -0.614. The summed E-state index contributed by atoms with van der Waals surface area (Å²) < 4.78 is 42.2. The average Bonchev–Trinajstić information content (AvgIpc) is 3.24. The number of amides is 1. The van der Waals surface area contributed by atoms with Crippen molar-refractivity contribution in [3.05, 3.63) is 53.8 Å². The van der Waals surface area contributed by atoms with Gasteiger partial charge in [-0.05, 0) is 89.3 Å². The normalized spacial score (nSPS) is 17.2. The van der Waals surface area contributed by atoms with E-state index in [1.165, 1.54) is 35.6 Å². The van der Waals surface area contributed by atoms with E-state index in [1.54, 1.807) is 27.4 Å². The summed E-state index contributed by atoms with van der Waals surface area (Å²) in [4.78, 5) is 21.9. The summed E-state index contributed by atoms with van der Waals surface area (Å²) in [7, 11) is 0.320. The average molecular weight is 519 g/mol. The zero-order valence-electron chi connectivity index (χ0n) is 20.3. The molecule has 1 unspecified atom stereocenters. The van der Waals surface area contributed by atoms with Crippen molar-refractivity contribution < 1.29 is 17.6 Å². The van der Waals surface area contributed by atoms with Gasteiger partial charge < -0.3 is 4.90 Å². The number of carbonyl (C=O) groups is 1. The summed E-state index contributed by atoms with van der Waals surface area (Å²) in [5.41, 5.74) is 1.01. The number of sulfonamides is 1. The molecule has 1 saturated heterocycles. The van der Waals surface area contributed by atoms with Crippen molar-refractivity contribution in [2.45, 2.75) is 43.5 Å². The van der Waals surface area contributed by atoms with Gasteiger partial charge in [0.05, 0.1) is 15.1 Å². The molecule has 1 aromatic heterocycles. The maximum Gasteiger partial charge on any atom is 0.260 e. The Kier molecular flexibility index (Phi) is 7.85. The van der Waals surface area contributed by atoms with Gasteiger partial charge in [-0.25, -0.2) is 17.8 Å². The van der Waals surface area contributed by atoms with Gasteiger partial charge in [0.25, 0.3) is 5.91 Å². The van der Waals surface area contributed by atoms with E-state index in [1.807, 2.05) is 25.9 Å². The van der Waals surface area contributed by atoms with Crippen molar-refractivity contribution in [1.82, 2.24) is 14.2 Å². The van der Waals surface area contributed by atoms with Crippen LogP contribution in [0.2, 0.25) is 0 Å². The standard InChI is InChI=1S/C25H31FN4O3S2/c1-18-7-4-5-16-30(18)35(32,33)21-11-8-19(9-12-21)24(31)29(15-6-14-28(2)3)25-27-22-13-10-20(26)17-23(22)34-25/h8-13,17-18H,4-7,14-16H2,1-3H3. The summed E-state index contributed by atoms with van der Waals surface area (Å²) in [6.07, 6.45) is 3.46. The summed E-state index contributed by atoms with van der Waals surface area (Å²) in [5, 5.41) is 0.494. The lowest BCUT2D eigenvalue weighted by atomic mass is 10.1. The van der Waals surface area contributed by atoms with Crippen molar-refractivity contribution in [2.24, 2.45) is 0 Å². The molecule has 2 heterocycles. The minimum Gasteiger partial charge on any atom is -0.309 e. The lowest BCUT2D eigenvalue weighted by Gasteiger charge is -2.32. The number of halogens is 1. The molecule has 4 rings (SSSR count). The predicted octanol–water partition coefficient (Wildman–Crippen LogP) is 4.60. The number of thiazole rings is 1. The Labute approximate surface area is 210 Å². The summed E-state index contributed by atoms with van der Waals surface area (Å²) >= 11 is 1.27. The van der Waals surface area contributed by atoms with Crippen LogP contribution in [-0.4, -0.2) is 68.3 Å². The van der Waals surface area contributed by atoms with Crippen LogP contribution < -0.4 is 4.90 Å². The van der Waals surface area contributed by atoms with E-state index in [0.29, 0.717) is 34.0 Å². The Hall–Kier alpha value is -2.40. The Morgan fingerprint density at radius 2 is 1.89 bits per heavy atom. The quantitative estimate of drug-likeness (QED) is 0.436. The van der Waals surface area contributed by atoms with Gasteiger partial charge >= 0.3 is 0 Å². The third kappa shape index (κ3) is 5.72. The first-order valence-electron chi connectivity index (χ1n) is 11.8. The minimum absolute atomic E-state index is 0.0360. The third-order valence-corrected chi connectivity index (χ3v) is 9.32. The molecule has 0 spiro atoms. The molecule has 188 valence electrons. The molecule has 0 radical (unpaired) electrons. The molecule has 3 aromatic rings. The van der Waals surface area contributed by atoms with Crippen molar-refractivity contribution in [1.29, 1.82) is 0 Å². The smallest absolute Gasteiger partial charge is 0.260 e. The molecule has 1 atom stereocenters. The fourth-order valence-corrected chi connectivity index (χ4v) is 7.03. The van der Waals surface area contributed by atoms with E-state index in [2.05, 4.69) is 4.98 Å². The van der Waals surface area contributed by atoms with E-state index in [9.17, 15) is 17.6 Å². The lowest BCUT2D eigenvalue weighted by Crippen LogP contribution is -2.41. The highest BCUT2D eigenvalue weighted by atomic mass is 32.2. The Balaban J connectivity index is 1.60. The topological polar surface area (TPSA) is 73.8 Å². The number of piperidine rings is 1. The Morgan fingerprint density at radius 1 is 1.14 bits per heavy atom. The first-order chi connectivity index (χ1) is 16.7. The Morgan fingerprint density at radius 3 is 2.57 bits per heavy atom. The fourth-order valence-electron chi connectivity index (χ4n) is 4.32. The van der Waals surface area contributed by atoms with Crippen LogP contribution in [0.5, 0.6) is 0 Å². The van der Waals surface area contributed by atoms with Crippen LogP contribution in [-0.2, 0) is 10.0 Å². The molecule has 0 saturated carbocycles. The van der Waals surface area contributed by atoms with E-state index in [4.69, 9.17) is 0 Å². The van der Waals surface area contributed by atoms with Crippen LogP contribution in [0.25, 0.3) is 10.2 Å². The molecule has 1 amide bonds. The van der Waals surface area contributed by atoms with Crippen molar-refractivity contribution >= 4 is 42.6 Å². The maximum absolute atomic E-state index is 13.7. The molecule has 1 aliphatic heterocycles. The van der Waals surface area contributed by atoms with Crippen molar-refractivity contribution in [3.8, 4) is 0 Å². The molecule has 7 nitrogen and oxygen atoms in total. The number of nitrogens with zero attached hydrogens (tertiary/aromatic N) is 4. The van der Waals surface area contributed by atoms with Gasteiger partial charge in [0.15, 0.2) is 5.13 Å². The largest absolute Gasteiger partial charge is 0.309 e. The van der Waals surface area contributed by atoms with Crippen LogP contribution in [0.1, 0.15) is 43.0 Å². The highest BCUT2D eigenvalue weighted by Gasteiger charge is 2.31. The summed E-state index contributed by atoms with van der Waals surface area (Å²) in [6.45, 7) is 3.67. The Bertz CT molecular complexity index is 1290. The number of carbonyl (C=O) groups excluding carboxylic acids is 1. The van der Waals surface area contributed by atoms with Crippen LogP contribution in [0.15, 0.2) is 47.4 Å². The molecule has 1 aliphatic rings. The highest BCUT2D eigenvalue weighted by molar-refractivity contribution is 7.89. The summed E-state index contributed by atoms with van der Waals surface area (Å²) in [6, 6.07) is 10.5. The van der Waals surface area contributed by atoms with Gasteiger partial charge in [-0.3, -0.25) is 9.69 Å². The van der Waals surface area contributed by atoms with Crippen LogP contribution in [0, 0.1) is 5.82 Å². The first-order valence-corrected chi connectivity index (χ1v) is 14.1. The number of aromatic nitrogens is 1. The molecule has 0 bridgehead atoms. The van der Waals surface area contributed by atoms with Gasteiger partial charge in [0.1, 0.15) is 5.82 Å². The van der Waals surface area contributed by atoms with E-state index >= 15 is 0 Å². The first kappa shape index (κ1) is 25.7. The van der Waals surface area contributed by atoms with Gasteiger partial charge in [0, 0.05) is 24.7 Å². The number of benzene rings is 2. The van der Waals surface area contributed by atoms with Crippen molar-refractivity contribution in [3.63, 3.8) is 0 Å². The van der Waals surface area contributed by atoms with Gasteiger partial charge in [-0.15, -0.1) is 0 Å². The van der Waals surface area contributed by atoms with Gasteiger partial charge in [-0.1, -0.05) is 17.8 Å². The minimum atomic E-state index is -3.61. The fraction of sp³-hybridized carbons (Fsp3) is 0.440.